The van der Waals surface area contributed by atoms with Gasteiger partial charge in [-0.15, -0.1) is 0 Å². The summed E-state index contributed by atoms with van der Waals surface area (Å²) in [6, 6.07) is 0.516. The van der Waals surface area contributed by atoms with Gasteiger partial charge < -0.3 is 15.6 Å². The molecule has 0 aromatic carbocycles. The fraction of sp³-hybridized carbons (Fsp3) is 0.583. The molecule has 0 amide bonds. The van der Waals surface area contributed by atoms with Crippen molar-refractivity contribution in [3.05, 3.63) is 6.33 Å². The minimum atomic E-state index is -0.0770. The van der Waals surface area contributed by atoms with E-state index in [0.717, 1.165) is 17.0 Å². The van der Waals surface area contributed by atoms with Crippen LogP contribution in [-0.4, -0.2) is 25.6 Å². The van der Waals surface area contributed by atoms with Crippen LogP contribution >= 0.6 is 0 Å². The first-order valence-electron chi connectivity index (χ1n) is 6.23. The second kappa shape index (κ2) is 3.57. The first kappa shape index (κ1) is 11.3. The molecule has 3 rings (SSSR count). The van der Waals surface area contributed by atoms with Crippen molar-refractivity contribution in [3.8, 4) is 0 Å². The maximum absolute atomic E-state index is 5.79. The number of anilines is 2. The van der Waals surface area contributed by atoms with Crippen molar-refractivity contribution in [2.24, 2.45) is 0 Å². The van der Waals surface area contributed by atoms with Crippen LogP contribution in [0.2, 0.25) is 0 Å². The van der Waals surface area contributed by atoms with Crippen molar-refractivity contribution >= 4 is 22.9 Å². The summed E-state index contributed by atoms with van der Waals surface area (Å²) in [6.07, 6.45) is 4.17. The number of hydrogen-bond donors (Lipinski definition) is 2. The summed E-state index contributed by atoms with van der Waals surface area (Å²) >= 11 is 0. The van der Waals surface area contributed by atoms with Crippen LogP contribution in [0, 0.1) is 0 Å². The molecule has 0 atom stereocenters. The van der Waals surface area contributed by atoms with Crippen LogP contribution in [0.4, 0.5) is 11.8 Å². The van der Waals surface area contributed by atoms with Gasteiger partial charge in [0.25, 0.3) is 0 Å². The van der Waals surface area contributed by atoms with Gasteiger partial charge in [-0.3, -0.25) is 0 Å². The Morgan fingerprint density at radius 3 is 2.67 bits per heavy atom. The molecule has 2 aromatic heterocycles. The van der Waals surface area contributed by atoms with Crippen LogP contribution in [0.5, 0.6) is 0 Å². The van der Waals surface area contributed by atoms with Gasteiger partial charge in [0, 0.05) is 11.6 Å². The molecular formula is C12H18N6. The maximum atomic E-state index is 5.79. The number of nitrogen functional groups attached to an aromatic ring is 1. The number of nitrogens with zero attached hydrogens (tertiary/aromatic N) is 4. The van der Waals surface area contributed by atoms with E-state index < -0.39 is 0 Å². The average molecular weight is 246 g/mol. The lowest BCUT2D eigenvalue weighted by atomic mass is 10.1. The highest BCUT2D eigenvalue weighted by Crippen LogP contribution is 2.29. The van der Waals surface area contributed by atoms with Gasteiger partial charge in [-0.25, -0.2) is 4.98 Å². The number of nitrogens with two attached hydrogens (primary N) is 1. The number of imidazole rings is 1. The molecule has 6 nitrogen and oxygen atoms in total. The molecule has 0 aliphatic heterocycles. The monoisotopic (exact) mass is 246 g/mol. The molecule has 1 aliphatic carbocycles. The largest absolute Gasteiger partial charge is 0.368 e. The Kier molecular flexibility index (Phi) is 2.23. The highest BCUT2D eigenvalue weighted by molar-refractivity contribution is 5.84. The zero-order chi connectivity index (χ0) is 12.9. The fourth-order valence-corrected chi connectivity index (χ4v) is 1.93. The second-order valence-corrected chi connectivity index (χ2v) is 5.81. The minimum absolute atomic E-state index is 0.0770. The lowest BCUT2D eigenvalue weighted by molar-refractivity contribution is 0.406. The Morgan fingerprint density at radius 1 is 1.33 bits per heavy atom. The van der Waals surface area contributed by atoms with Gasteiger partial charge in [0.05, 0.1) is 6.33 Å². The minimum Gasteiger partial charge on any atom is -0.368 e. The molecule has 0 bridgehead atoms. The summed E-state index contributed by atoms with van der Waals surface area (Å²) in [7, 11) is 0. The molecule has 3 N–H and O–H groups in total. The van der Waals surface area contributed by atoms with Gasteiger partial charge >= 0.3 is 0 Å². The van der Waals surface area contributed by atoms with E-state index in [-0.39, 0.29) is 11.5 Å². The van der Waals surface area contributed by atoms with E-state index in [1.807, 2.05) is 4.57 Å². The quantitative estimate of drug-likeness (QED) is 0.843. The van der Waals surface area contributed by atoms with Crippen molar-refractivity contribution < 1.29 is 0 Å². The van der Waals surface area contributed by atoms with Gasteiger partial charge in [0.15, 0.2) is 17.0 Å². The van der Waals surface area contributed by atoms with E-state index in [4.69, 9.17) is 5.73 Å². The SMILES string of the molecule is CC(C)(C)n1cnc2c(NC3CC3)nc(N)nc21. The predicted octanol–water partition coefficient (Wildman–Crippen LogP) is 1.74. The molecule has 0 spiro atoms. The van der Waals surface area contributed by atoms with Crippen LogP contribution in [-0.2, 0) is 5.54 Å². The second-order valence-electron chi connectivity index (χ2n) is 5.81. The lowest BCUT2D eigenvalue weighted by Crippen LogP contribution is -2.21. The van der Waals surface area contributed by atoms with Gasteiger partial charge in [-0.1, -0.05) is 0 Å². The summed E-state index contributed by atoms with van der Waals surface area (Å²) in [4.78, 5) is 13.0. The molecule has 0 radical (unpaired) electrons. The topological polar surface area (TPSA) is 81.7 Å². The smallest absolute Gasteiger partial charge is 0.224 e. The van der Waals surface area contributed by atoms with Crippen LogP contribution in [0.15, 0.2) is 6.33 Å². The standard InChI is InChI=1S/C12H18N6/c1-12(2,3)18-6-14-8-9(15-7-4-5-7)16-11(13)17-10(8)18/h6-7H,4-5H2,1-3H3,(H3,13,15,16,17). The summed E-state index contributed by atoms with van der Waals surface area (Å²) < 4.78 is 2.03. The number of nitrogens with one attached hydrogen (secondary N) is 1. The Labute approximate surface area is 106 Å². The normalized spacial score (nSPS) is 16.2. The summed E-state index contributed by atoms with van der Waals surface area (Å²) in [6.45, 7) is 6.33. The lowest BCUT2D eigenvalue weighted by Gasteiger charge is -2.21. The molecular weight excluding hydrogens is 228 g/mol. The van der Waals surface area contributed by atoms with Crippen LogP contribution < -0.4 is 11.1 Å². The van der Waals surface area contributed by atoms with Gasteiger partial charge in [-0.2, -0.15) is 9.97 Å². The first-order chi connectivity index (χ1) is 8.45. The molecule has 1 aliphatic rings. The third-order valence-electron chi connectivity index (χ3n) is 3.05. The third kappa shape index (κ3) is 1.87. The van der Waals surface area contributed by atoms with E-state index in [1.54, 1.807) is 6.33 Å². The molecule has 2 aromatic rings. The Bertz CT molecular complexity index is 590. The van der Waals surface area contributed by atoms with Crippen LogP contribution in [0.3, 0.4) is 0 Å². The number of fused-ring (bicyclic) bond motifs is 1. The molecule has 0 unspecified atom stereocenters. The van der Waals surface area contributed by atoms with Crippen molar-refractivity contribution in [3.63, 3.8) is 0 Å². The average Bonchev–Trinajstić information content (AvgIpc) is 2.93. The van der Waals surface area contributed by atoms with Crippen molar-refractivity contribution in [2.45, 2.75) is 45.2 Å². The fourth-order valence-electron chi connectivity index (χ4n) is 1.93. The van der Waals surface area contributed by atoms with Gasteiger partial charge in [0.1, 0.15) is 0 Å². The Morgan fingerprint density at radius 2 is 2.06 bits per heavy atom. The van der Waals surface area contributed by atoms with Gasteiger partial charge in [-0.05, 0) is 33.6 Å². The van der Waals surface area contributed by atoms with E-state index in [1.165, 1.54) is 12.8 Å². The highest BCUT2D eigenvalue weighted by Gasteiger charge is 2.25. The summed E-state index contributed by atoms with van der Waals surface area (Å²) in [5.74, 6) is 1.04. The number of rotatable bonds is 2. The third-order valence-corrected chi connectivity index (χ3v) is 3.05. The van der Waals surface area contributed by atoms with E-state index >= 15 is 0 Å². The number of aromatic nitrogens is 4. The summed E-state index contributed by atoms with van der Waals surface area (Å²) in [5, 5.41) is 3.36. The first-order valence-corrected chi connectivity index (χ1v) is 6.23. The Balaban J connectivity index is 2.16. The van der Waals surface area contributed by atoms with E-state index in [9.17, 15) is 0 Å². The van der Waals surface area contributed by atoms with E-state index in [0.29, 0.717) is 6.04 Å². The molecule has 18 heavy (non-hydrogen) atoms. The molecule has 96 valence electrons. The zero-order valence-electron chi connectivity index (χ0n) is 10.9. The highest BCUT2D eigenvalue weighted by atomic mass is 15.2. The predicted molar refractivity (Wildman–Crippen MR) is 71.4 cm³/mol. The molecule has 0 saturated heterocycles. The molecule has 2 heterocycles. The van der Waals surface area contributed by atoms with Crippen molar-refractivity contribution in [1.82, 2.24) is 19.5 Å². The van der Waals surface area contributed by atoms with Crippen molar-refractivity contribution in [2.75, 3.05) is 11.1 Å². The molecule has 1 saturated carbocycles. The number of hydrogen-bond acceptors (Lipinski definition) is 5. The van der Waals surface area contributed by atoms with Gasteiger partial charge in [0.2, 0.25) is 5.95 Å². The van der Waals surface area contributed by atoms with Crippen molar-refractivity contribution in [1.29, 1.82) is 0 Å². The van der Waals surface area contributed by atoms with Crippen LogP contribution in [0.25, 0.3) is 11.2 Å². The van der Waals surface area contributed by atoms with E-state index in [2.05, 4.69) is 41.0 Å². The maximum Gasteiger partial charge on any atom is 0.224 e. The molecule has 6 heteroatoms. The Hall–Kier alpha value is -1.85. The molecule has 1 fully saturated rings. The zero-order valence-corrected chi connectivity index (χ0v) is 10.9. The van der Waals surface area contributed by atoms with Crippen LogP contribution in [0.1, 0.15) is 33.6 Å². The summed E-state index contributed by atoms with van der Waals surface area (Å²) in [5.41, 5.74) is 7.30.